The maximum absolute atomic E-state index is 12.0. The molecule has 0 aliphatic heterocycles. The van der Waals surface area contributed by atoms with Crippen LogP contribution < -0.4 is 4.31 Å². The molecule has 3 aromatic rings. The topological polar surface area (TPSA) is 80.7 Å². The summed E-state index contributed by atoms with van der Waals surface area (Å²) < 4.78 is 25.3. The molecule has 0 saturated carbocycles. The van der Waals surface area contributed by atoms with Gasteiger partial charge < -0.3 is 9.66 Å². The van der Waals surface area contributed by atoms with Gasteiger partial charge in [0.1, 0.15) is 0 Å². The van der Waals surface area contributed by atoms with Crippen LogP contribution in [-0.2, 0) is 24.1 Å². The quantitative estimate of drug-likeness (QED) is 0.602. The normalized spacial score (nSPS) is 11.8. The fraction of sp³-hybridized carbons (Fsp3) is 0.136. The van der Waals surface area contributed by atoms with Gasteiger partial charge in [-0.15, -0.1) is 0 Å². The Morgan fingerprint density at radius 2 is 1.71 bits per heavy atom. The molecule has 0 aliphatic carbocycles. The van der Waals surface area contributed by atoms with Crippen LogP contribution in [0.25, 0.3) is 0 Å². The van der Waals surface area contributed by atoms with Crippen LogP contribution in [0.3, 0.4) is 0 Å². The van der Waals surface area contributed by atoms with E-state index in [9.17, 15) is 13.6 Å². The number of benzene rings is 3. The maximum Gasteiger partial charge on any atom is 0.335 e. The van der Waals surface area contributed by atoms with E-state index in [-0.39, 0.29) is 5.56 Å². The summed E-state index contributed by atoms with van der Waals surface area (Å²) in [5.74, 6) is -0.963. The monoisotopic (exact) mass is 394 g/mol. The Bertz CT molecular complexity index is 1000. The van der Waals surface area contributed by atoms with Crippen LogP contribution in [0.1, 0.15) is 27.0 Å². The Balaban J connectivity index is 1.89. The first kappa shape index (κ1) is 19.8. The molecule has 0 bridgehead atoms. The van der Waals surface area contributed by atoms with Crippen molar-refractivity contribution in [3.8, 4) is 0 Å². The lowest BCUT2D eigenvalue weighted by atomic mass is 10.0. The molecule has 1 atom stereocenters. The second kappa shape index (κ2) is 8.82. The van der Waals surface area contributed by atoms with Gasteiger partial charge in [0, 0.05) is 0 Å². The van der Waals surface area contributed by atoms with Crippen molar-refractivity contribution >= 4 is 28.6 Å². The molecule has 1 N–H and O–H groups in total. The summed E-state index contributed by atoms with van der Waals surface area (Å²) in [4.78, 5) is 11.2. The number of anilines is 2. The van der Waals surface area contributed by atoms with E-state index < -0.39 is 17.2 Å². The first-order chi connectivity index (χ1) is 13.5. The van der Waals surface area contributed by atoms with Crippen molar-refractivity contribution in [2.75, 3.05) is 4.31 Å². The van der Waals surface area contributed by atoms with Gasteiger partial charge >= 0.3 is 5.97 Å². The first-order valence-electron chi connectivity index (χ1n) is 8.82. The summed E-state index contributed by atoms with van der Waals surface area (Å²) in [6.45, 7) is 1.95. The lowest BCUT2D eigenvalue weighted by Gasteiger charge is -2.28. The van der Waals surface area contributed by atoms with Crippen molar-refractivity contribution in [1.29, 1.82) is 0 Å². The fourth-order valence-electron chi connectivity index (χ4n) is 3.04. The molecule has 0 saturated heterocycles. The molecule has 0 fully saturated rings. The number of carboxylic acids is 1. The lowest BCUT2D eigenvalue weighted by Crippen LogP contribution is -2.21. The average molecular weight is 394 g/mol. The van der Waals surface area contributed by atoms with Gasteiger partial charge in [0.05, 0.1) is 28.2 Å². The molecule has 144 valence electrons. The number of rotatable bonds is 7. The predicted octanol–water partition coefficient (Wildman–Crippen LogP) is 4.41. The Morgan fingerprint density at radius 3 is 2.39 bits per heavy atom. The number of carbonyl (C=O) groups is 1. The predicted molar refractivity (Wildman–Crippen MR) is 109 cm³/mol. The first-order valence-corrected chi connectivity index (χ1v) is 9.85. The molecule has 0 amide bonds. The van der Waals surface area contributed by atoms with Crippen LogP contribution in [0, 0.1) is 6.92 Å². The van der Waals surface area contributed by atoms with Gasteiger partial charge in [-0.1, -0.05) is 48.0 Å². The molecular weight excluding hydrogens is 374 g/mol. The number of hydrogen-bond donors (Lipinski definition) is 1. The van der Waals surface area contributed by atoms with E-state index in [1.54, 1.807) is 42.5 Å². The number of carboxylic acid groups (broad SMARTS) is 1. The van der Waals surface area contributed by atoms with Gasteiger partial charge in [-0.3, -0.25) is 8.51 Å². The van der Waals surface area contributed by atoms with Crippen molar-refractivity contribution < 1.29 is 18.7 Å². The van der Waals surface area contributed by atoms with Gasteiger partial charge in [0.25, 0.3) is 0 Å². The summed E-state index contributed by atoms with van der Waals surface area (Å²) >= 11 is -2.47. The number of aromatic carboxylic acids is 1. The number of aryl methyl sites for hydroxylation is 3. The standard InChI is InChI=1S/C22H21NO4S/c1-16-9-13-20(14-10-16)23(28(26)27)21-8-3-2-6-18(21)12-11-17-5-4-7-19(15-17)22(24)25/h2-10,13-15H,11-12H2,1H3,(H,24,25)(H,26,27)/p-1. The average Bonchev–Trinajstić information content (AvgIpc) is 2.69. The van der Waals surface area contributed by atoms with E-state index in [1.807, 2.05) is 37.3 Å². The van der Waals surface area contributed by atoms with Crippen LogP contribution in [0.2, 0.25) is 0 Å². The van der Waals surface area contributed by atoms with E-state index in [1.165, 1.54) is 4.31 Å². The SMILES string of the molecule is Cc1ccc(N(c2ccccc2CCc2cccc(C(=O)O)c2)S(=O)[O-])cc1. The number of nitrogens with zero attached hydrogens (tertiary/aromatic N) is 1. The summed E-state index contributed by atoms with van der Waals surface area (Å²) in [6, 6.07) is 21.4. The third-order valence-electron chi connectivity index (χ3n) is 4.48. The molecule has 0 aromatic heterocycles. The van der Waals surface area contributed by atoms with E-state index in [2.05, 4.69) is 0 Å². The Kier molecular flexibility index (Phi) is 6.23. The second-order valence-electron chi connectivity index (χ2n) is 6.48. The van der Waals surface area contributed by atoms with Gasteiger partial charge in [0.2, 0.25) is 0 Å². The van der Waals surface area contributed by atoms with E-state index >= 15 is 0 Å². The molecule has 3 aromatic carbocycles. The molecule has 0 spiro atoms. The highest BCUT2D eigenvalue weighted by Gasteiger charge is 2.14. The minimum absolute atomic E-state index is 0.243. The zero-order valence-electron chi connectivity index (χ0n) is 15.4. The molecule has 0 aliphatic rings. The van der Waals surface area contributed by atoms with Gasteiger partial charge in [0.15, 0.2) is 0 Å². The molecule has 6 heteroatoms. The van der Waals surface area contributed by atoms with Gasteiger partial charge in [-0.2, -0.15) is 0 Å². The zero-order valence-corrected chi connectivity index (χ0v) is 16.2. The van der Waals surface area contributed by atoms with Gasteiger partial charge in [-0.05, 0) is 61.2 Å². The third-order valence-corrected chi connectivity index (χ3v) is 5.19. The highest BCUT2D eigenvalue weighted by Crippen LogP contribution is 2.31. The molecular formula is C22H20NO4S-. The zero-order chi connectivity index (χ0) is 20.1. The second-order valence-corrected chi connectivity index (χ2v) is 7.28. The van der Waals surface area contributed by atoms with Crippen molar-refractivity contribution in [3.63, 3.8) is 0 Å². The molecule has 0 heterocycles. The minimum atomic E-state index is -2.47. The van der Waals surface area contributed by atoms with Crippen LogP contribution in [0.5, 0.6) is 0 Å². The summed E-state index contributed by atoms with van der Waals surface area (Å²) in [5.41, 5.74) is 4.21. The minimum Gasteiger partial charge on any atom is -0.755 e. The number of hydrogen-bond acceptors (Lipinski definition) is 3. The molecule has 1 unspecified atom stereocenters. The maximum atomic E-state index is 12.0. The van der Waals surface area contributed by atoms with Crippen LogP contribution in [-0.4, -0.2) is 19.8 Å². The Labute approximate surface area is 166 Å². The van der Waals surface area contributed by atoms with Crippen LogP contribution >= 0.6 is 0 Å². The molecule has 5 nitrogen and oxygen atoms in total. The highest BCUT2D eigenvalue weighted by molar-refractivity contribution is 7.81. The van der Waals surface area contributed by atoms with E-state index in [0.29, 0.717) is 24.2 Å². The Hall–Kier alpha value is -2.96. The lowest BCUT2D eigenvalue weighted by molar-refractivity contribution is 0.0696. The molecule has 28 heavy (non-hydrogen) atoms. The van der Waals surface area contributed by atoms with Crippen LogP contribution in [0.15, 0.2) is 72.8 Å². The third kappa shape index (κ3) is 4.65. The van der Waals surface area contributed by atoms with E-state index in [4.69, 9.17) is 5.11 Å². The highest BCUT2D eigenvalue weighted by atomic mass is 32.2. The number of para-hydroxylation sites is 1. The van der Waals surface area contributed by atoms with Crippen molar-refractivity contribution in [2.24, 2.45) is 0 Å². The Morgan fingerprint density at radius 1 is 1.00 bits per heavy atom. The van der Waals surface area contributed by atoms with Crippen molar-refractivity contribution in [1.82, 2.24) is 0 Å². The molecule has 0 radical (unpaired) electrons. The largest absolute Gasteiger partial charge is 0.755 e. The van der Waals surface area contributed by atoms with Crippen molar-refractivity contribution in [2.45, 2.75) is 19.8 Å². The van der Waals surface area contributed by atoms with Crippen molar-refractivity contribution in [3.05, 3.63) is 95.1 Å². The smallest absolute Gasteiger partial charge is 0.335 e. The van der Waals surface area contributed by atoms with Crippen LogP contribution in [0.4, 0.5) is 11.4 Å². The fourth-order valence-corrected chi connectivity index (χ4v) is 3.68. The van der Waals surface area contributed by atoms with Gasteiger partial charge in [-0.25, -0.2) is 4.79 Å². The summed E-state index contributed by atoms with van der Waals surface area (Å²) in [5, 5.41) is 9.14. The summed E-state index contributed by atoms with van der Waals surface area (Å²) in [6.07, 6.45) is 1.18. The summed E-state index contributed by atoms with van der Waals surface area (Å²) in [7, 11) is 0. The van der Waals surface area contributed by atoms with E-state index in [0.717, 1.165) is 16.7 Å². The molecule has 3 rings (SSSR count).